The van der Waals surface area contributed by atoms with Crippen molar-refractivity contribution in [3.63, 3.8) is 0 Å². The molecule has 0 N–H and O–H groups in total. The number of hydrogen-bond acceptors (Lipinski definition) is 5. The molecule has 0 spiro atoms. The Morgan fingerprint density at radius 2 is 2.24 bits per heavy atom. The Kier molecular flexibility index (Phi) is 3.96. The Labute approximate surface area is 125 Å². The fraction of sp³-hybridized carbons (Fsp3) is 0.267. The molecule has 0 aliphatic rings. The van der Waals surface area contributed by atoms with Crippen LogP contribution in [0, 0.1) is 0 Å². The van der Waals surface area contributed by atoms with Gasteiger partial charge in [0.15, 0.2) is 0 Å². The summed E-state index contributed by atoms with van der Waals surface area (Å²) >= 11 is 1.33. The third kappa shape index (κ3) is 2.80. The minimum Gasteiger partial charge on any atom is -0.493 e. The van der Waals surface area contributed by atoms with Gasteiger partial charge in [0.2, 0.25) is 4.96 Å². The maximum Gasteiger partial charge on any atom is 0.291 e. The topological polar surface area (TPSA) is 56.5 Å². The maximum atomic E-state index is 12.2. The van der Waals surface area contributed by atoms with E-state index in [-0.39, 0.29) is 5.56 Å². The van der Waals surface area contributed by atoms with Crippen LogP contribution in [0.15, 0.2) is 35.4 Å². The molecule has 0 amide bonds. The Morgan fingerprint density at radius 1 is 1.38 bits per heavy atom. The highest BCUT2D eigenvalue weighted by Crippen LogP contribution is 2.19. The molecule has 0 atom stereocenters. The van der Waals surface area contributed by atoms with Crippen LogP contribution < -0.4 is 14.8 Å². The number of ether oxygens (including phenoxy) is 1. The van der Waals surface area contributed by atoms with E-state index in [9.17, 15) is 4.79 Å². The standard InChI is InChI=1S/C15H15N3O2S/c1-2-3-8-20-12-7-5-4-6-11(12)9-13-14(19)18-15(21-13)16-10-17-18/h4-7,9-10H,2-3,8H2,1H3/b13-9-. The third-order valence-corrected chi connectivity index (χ3v) is 4.06. The van der Waals surface area contributed by atoms with E-state index in [0.717, 1.165) is 24.2 Å². The molecule has 2 aromatic heterocycles. The van der Waals surface area contributed by atoms with E-state index in [0.29, 0.717) is 16.1 Å². The Bertz CT molecular complexity index is 853. The number of unbranched alkanes of at least 4 members (excludes halogenated alkanes) is 1. The first kappa shape index (κ1) is 13.8. The van der Waals surface area contributed by atoms with Gasteiger partial charge >= 0.3 is 0 Å². The van der Waals surface area contributed by atoms with E-state index in [1.54, 1.807) is 0 Å². The smallest absolute Gasteiger partial charge is 0.291 e. The van der Waals surface area contributed by atoms with Gasteiger partial charge in [-0.1, -0.05) is 42.9 Å². The molecule has 21 heavy (non-hydrogen) atoms. The molecule has 3 aromatic rings. The van der Waals surface area contributed by atoms with Gasteiger partial charge in [-0.3, -0.25) is 4.79 Å². The van der Waals surface area contributed by atoms with Crippen LogP contribution in [0.25, 0.3) is 11.0 Å². The van der Waals surface area contributed by atoms with Crippen molar-refractivity contribution in [3.05, 3.63) is 51.0 Å². The highest BCUT2D eigenvalue weighted by atomic mass is 32.1. The molecule has 0 bridgehead atoms. The SMILES string of the molecule is CCCCOc1ccccc1/C=c1\sc2ncnn2c1=O. The molecule has 2 heterocycles. The number of rotatable bonds is 5. The van der Waals surface area contributed by atoms with Crippen LogP contribution in [0.1, 0.15) is 25.3 Å². The van der Waals surface area contributed by atoms with Crippen molar-refractivity contribution >= 4 is 22.4 Å². The van der Waals surface area contributed by atoms with Gasteiger partial charge in [0.1, 0.15) is 12.1 Å². The number of benzene rings is 1. The Hall–Kier alpha value is -2.21. The van der Waals surface area contributed by atoms with Crippen LogP contribution in [-0.4, -0.2) is 21.2 Å². The van der Waals surface area contributed by atoms with E-state index < -0.39 is 0 Å². The lowest BCUT2D eigenvalue weighted by Gasteiger charge is -2.07. The van der Waals surface area contributed by atoms with Crippen molar-refractivity contribution < 1.29 is 4.74 Å². The zero-order chi connectivity index (χ0) is 14.7. The van der Waals surface area contributed by atoms with Crippen molar-refractivity contribution in [1.29, 1.82) is 0 Å². The van der Waals surface area contributed by atoms with Crippen molar-refractivity contribution in [2.24, 2.45) is 0 Å². The zero-order valence-corrected chi connectivity index (χ0v) is 12.5. The molecular formula is C15H15N3O2S. The normalized spacial score (nSPS) is 12.1. The van der Waals surface area contributed by atoms with Gasteiger partial charge < -0.3 is 4.74 Å². The number of thiazole rings is 1. The molecular weight excluding hydrogens is 286 g/mol. The molecule has 108 valence electrons. The number of aromatic nitrogens is 3. The average molecular weight is 301 g/mol. The van der Waals surface area contributed by atoms with Gasteiger partial charge in [0.25, 0.3) is 5.56 Å². The molecule has 0 unspecified atom stereocenters. The molecule has 0 aliphatic heterocycles. The summed E-state index contributed by atoms with van der Waals surface area (Å²) in [6.45, 7) is 2.81. The molecule has 0 saturated heterocycles. The second-order valence-electron chi connectivity index (χ2n) is 4.61. The van der Waals surface area contributed by atoms with Crippen molar-refractivity contribution in [1.82, 2.24) is 14.6 Å². The molecule has 6 heteroatoms. The maximum absolute atomic E-state index is 12.2. The monoisotopic (exact) mass is 301 g/mol. The second kappa shape index (κ2) is 6.05. The largest absolute Gasteiger partial charge is 0.493 e. The van der Waals surface area contributed by atoms with Crippen molar-refractivity contribution in [3.8, 4) is 5.75 Å². The van der Waals surface area contributed by atoms with Gasteiger partial charge in [0.05, 0.1) is 11.1 Å². The predicted octanol–water partition coefficient (Wildman–Crippen LogP) is 1.88. The highest BCUT2D eigenvalue weighted by Gasteiger charge is 2.06. The second-order valence-corrected chi connectivity index (χ2v) is 5.62. The van der Waals surface area contributed by atoms with Crippen LogP contribution in [0.2, 0.25) is 0 Å². The van der Waals surface area contributed by atoms with Gasteiger partial charge in [-0.25, -0.2) is 4.98 Å². The minimum absolute atomic E-state index is 0.143. The summed E-state index contributed by atoms with van der Waals surface area (Å²) in [5, 5.41) is 3.92. The van der Waals surface area contributed by atoms with E-state index in [2.05, 4.69) is 17.0 Å². The van der Waals surface area contributed by atoms with E-state index in [4.69, 9.17) is 4.74 Å². The lowest BCUT2D eigenvalue weighted by molar-refractivity contribution is 0.309. The first-order valence-electron chi connectivity index (χ1n) is 6.85. The summed E-state index contributed by atoms with van der Waals surface area (Å²) in [7, 11) is 0. The highest BCUT2D eigenvalue weighted by molar-refractivity contribution is 7.15. The van der Waals surface area contributed by atoms with Crippen LogP contribution in [-0.2, 0) is 0 Å². The summed E-state index contributed by atoms with van der Waals surface area (Å²) in [5.74, 6) is 0.796. The Morgan fingerprint density at radius 3 is 3.05 bits per heavy atom. The van der Waals surface area contributed by atoms with Crippen LogP contribution >= 0.6 is 11.3 Å². The molecule has 1 aromatic carbocycles. The first-order valence-corrected chi connectivity index (χ1v) is 7.67. The van der Waals surface area contributed by atoms with Gasteiger partial charge in [-0.2, -0.15) is 9.61 Å². The molecule has 0 radical (unpaired) electrons. The van der Waals surface area contributed by atoms with Crippen molar-refractivity contribution in [2.75, 3.05) is 6.61 Å². The van der Waals surface area contributed by atoms with Crippen LogP contribution in [0.3, 0.4) is 0 Å². The lowest BCUT2D eigenvalue weighted by Crippen LogP contribution is -2.23. The van der Waals surface area contributed by atoms with E-state index >= 15 is 0 Å². The number of nitrogens with zero attached hydrogens (tertiary/aromatic N) is 3. The number of fused-ring (bicyclic) bond motifs is 1. The molecule has 5 nitrogen and oxygen atoms in total. The lowest BCUT2D eigenvalue weighted by atomic mass is 10.2. The van der Waals surface area contributed by atoms with Gasteiger partial charge in [0, 0.05) is 5.56 Å². The van der Waals surface area contributed by atoms with Gasteiger partial charge in [-0.15, -0.1) is 0 Å². The van der Waals surface area contributed by atoms with Crippen LogP contribution in [0.5, 0.6) is 5.75 Å². The van der Waals surface area contributed by atoms with E-state index in [1.807, 2.05) is 30.3 Å². The van der Waals surface area contributed by atoms with E-state index in [1.165, 1.54) is 22.2 Å². The number of para-hydroxylation sites is 1. The third-order valence-electron chi connectivity index (χ3n) is 3.08. The summed E-state index contributed by atoms with van der Waals surface area (Å²) < 4.78 is 7.70. The average Bonchev–Trinajstić information content (AvgIpc) is 3.05. The molecule has 0 saturated carbocycles. The fourth-order valence-corrected chi connectivity index (χ4v) is 2.85. The molecule has 0 aliphatic carbocycles. The summed E-state index contributed by atoms with van der Waals surface area (Å²) in [5.41, 5.74) is 0.756. The zero-order valence-electron chi connectivity index (χ0n) is 11.7. The first-order chi connectivity index (χ1) is 10.3. The summed E-state index contributed by atoms with van der Waals surface area (Å²) in [6.07, 6.45) is 5.33. The molecule has 3 rings (SSSR count). The summed E-state index contributed by atoms with van der Waals surface area (Å²) in [4.78, 5) is 16.8. The summed E-state index contributed by atoms with van der Waals surface area (Å²) in [6, 6.07) is 7.72. The fourth-order valence-electron chi connectivity index (χ4n) is 1.98. The Balaban J connectivity index is 2.00. The number of hydrogen-bond donors (Lipinski definition) is 0. The molecule has 0 fully saturated rings. The minimum atomic E-state index is -0.143. The van der Waals surface area contributed by atoms with Gasteiger partial charge in [-0.05, 0) is 18.6 Å². The van der Waals surface area contributed by atoms with Crippen molar-refractivity contribution in [2.45, 2.75) is 19.8 Å². The quantitative estimate of drug-likeness (QED) is 0.675. The predicted molar refractivity (Wildman–Crippen MR) is 82.8 cm³/mol. The van der Waals surface area contributed by atoms with Crippen LogP contribution in [0.4, 0.5) is 0 Å².